The van der Waals surface area contributed by atoms with Crippen molar-refractivity contribution in [2.45, 2.75) is 285 Å². The Labute approximate surface area is 535 Å². The molecule has 89 heavy (non-hydrogen) atoms. The lowest BCUT2D eigenvalue weighted by atomic mass is 9.88. The summed E-state index contributed by atoms with van der Waals surface area (Å²) in [7, 11) is 0. The third-order valence-electron chi connectivity index (χ3n) is 18.6. The molecule has 0 saturated heterocycles. The molecule has 0 spiro atoms. The number of carbonyl (C=O) groups is 4. The highest BCUT2D eigenvalue weighted by Crippen LogP contribution is 2.46. The zero-order valence-corrected chi connectivity index (χ0v) is 55.8. The van der Waals surface area contributed by atoms with Crippen molar-refractivity contribution in [2.24, 2.45) is 0 Å². The summed E-state index contributed by atoms with van der Waals surface area (Å²) in [4.78, 5) is 62.3. The first-order valence-corrected chi connectivity index (χ1v) is 36.3. The van der Waals surface area contributed by atoms with Crippen molar-refractivity contribution in [1.29, 1.82) is 0 Å². The summed E-state index contributed by atoms with van der Waals surface area (Å²) in [5, 5.41) is 7.40. The number of aromatic amines is 1. The predicted molar refractivity (Wildman–Crippen MR) is 374 cm³/mol. The van der Waals surface area contributed by atoms with Gasteiger partial charge in [0.15, 0.2) is 0 Å². The quantitative estimate of drug-likeness (QED) is 0.0173. The molecule has 0 atom stereocenters. The molecule has 7 rings (SSSR count). The molecule has 0 aliphatic carbocycles. The summed E-state index contributed by atoms with van der Waals surface area (Å²) in [5.41, 5.74) is 2.84. The maximum absolute atomic E-state index is 14.8. The molecule has 0 radical (unpaired) electrons. The third kappa shape index (κ3) is 21.6. The van der Waals surface area contributed by atoms with E-state index in [9.17, 15) is 19.2 Å². The van der Waals surface area contributed by atoms with Crippen LogP contribution in [-0.2, 0) is 18.9 Å². The monoisotopic (exact) mass is 1220 g/mol. The second-order valence-electron chi connectivity index (χ2n) is 25.9. The second-order valence-corrected chi connectivity index (χ2v) is 25.9. The molecule has 1 N–H and O–H groups in total. The van der Waals surface area contributed by atoms with Gasteiger partial charge in [-0.2, -0.15) is 0 Å². The Balaban J connectivity index is 1.25. The van der Waals surface area contributed by atoms with Gasteiger partial charge < -0.3 is 23.9 Å². The molecule has 9 nitrogen and oxygen atoms in total. The van der Waals surface area contributed by atoms with E-state index >= 15 is 0 Å². The molecule has 0 bridgehead atoms. The summed E-state index contributed by atoms with van der Waals surface area (Å²) >= 11 is 0. The molecule has 1 heterocycles. The highest BCUT2D eigenvalue weighted by atomic mass is 16.5. The number of H-pyrrole nitrogens is 1. The standard InChI is InChI=1S/C80H113NO8/c1-5-9-13-17-21-25-29-33-37-45-53-86-77(82)67-57-65-69(79(84)88-55-47-39-35-31-27-23-19-15-11-7-3)59-71-75(73(65)63-51-43-41-49-61(63)67)76-72(81-71)60-70(80(85)89-56-48-40-36-32-28-24-20-16-12-8-4)66-58-68(62-50-42-44-52-64(62)74(66)76)78(83)87-54-46-38-34-30-26-22-18-14-10-6-2/h41-44,49-52,57-60,81H,5-40,45-48,53-56H2,1-4H3. The number of carbonyl (C=O) groups excluding carboxylic acids is 4. The minimum absolute atomic E-state index is 0.286. The molecule has 0 unspecified atom stereocenters. The van der Waals surface area contributed by atoms with E-state index in [4.69, 9.17) is 18.9 Å². The molecule has 486 valence electrons. The number of hydrogen-bond donors (Lipinski definition) is 1. The number of unbranched alkanes of at least 4 members (excludes halogenated alkanes) is 36. The average Bonchev–Trinajstić information content (AvgIpc) is 1.65. The molecule has 0 aliphatic heterocycles. The van der Waals surface area contributed by atoms with Crippen molar-refractivity contribution in [3.63, 3.8) is 0 Å². The summed E-state index contributed by atoms with van der Waals surface area (Å²) < 4.78 is 24.6. The Morgan fingerprint density at radius 2 is 0.472 bits per heavy atom. The van der Waals surface area contributed by atoms with E-state index in [1.807, 2.05) is 72.8 Å². The summed E-state index contributed by atoms with van der Waals surface area (Å²) in [5.74, 6) is -1.77. The van der Waals surface area contributed by atoms with Gasteiger partial charge in [0.25, 0.3) is 0 Å². The Bertz CT molecular complexity index is 3050. The first-order chi connectivity index (χ1) is 43.8. The van der Waals surface area contributed by atoms with Crippen molar-refractivity contribution in [3.05, 3.63) is 95.1 Å². The van der Waals surface area contributed by atoms with Gasteiger partial charge in [0.05, 0.1) is 48.7 Å². The number of fused-ring (bicyclic) bond motifs is 11. The molecule has 0 saturated carbocycles. The van der Waals surface area contributed by atoms with Crippen molar-refractivity contribution in [3.8, 4) is 0 Å². The number of esters is 4. The van der Waals surface area contributed by atoms with Crippen LogP contribution in [0.1, 0.15) is 326 Å². The van der Waals surface area contributed by atoms with Crippen LogP contribution in [0.5, 0.6) is 0 Å². The maximum Gasteiger partial charge on any atom is 0.338 e. The topological polar surface area (TPSA) is 121 Å². The van der Waals surface area contributed by atoms with Crippen LogP contribution in [0.2, 0.25) is 0 Å². The Morgan fingerprint density at radius 1 is 0.258 bits per heavy atom. The fourth-order valence-electron chi connectivity index (χ4n) is 13.4. The Hall–Kier alpha value is -5.96. The largest absolute Gasteiger partial charge is 0.462 e. The summed E-state index contributed by atoms with van der Waals surface area (Å²) in [6.45, 7) is 10.2. The van der Waals surface area contributed by atoms with E-state index < -0.39 is 23.9 Å². The van der Waals surface area contributed by atoms with E-state index in [1.165, 1.54) is 180 Å². The van der Waals surface area contributed by atoms with E-state index in [-0.39, 0.29) is 13.2 Å². The minimum atomic E-state index is -0.459. The van der Waals surface area contributed by atoms with Crippen molar-refractivity contribution in [1.82, 2.24) is 4.98 Å². The molecule has 1 aromatic heterocycles. The van der Waals surface area contributed by atoms with Crippen molar-refractivity contribution in [2.75, 3.05) is 26.4 Å². The molecule has 6 aromatic carbocycles. The maximum atomic E-state index is 14.8. The van der Waals surface area contributed by atoms with Crippen LogP contribution in [0.3, 0.4) is 0 Å². The van der Waals surface area contributed by atoms with Crippen LogP contribution in [0.15, 0.2) is 72.8 Å². The Kier molecular flexibility index (Phi) is 32.2. The molecule has 9 heteroatoms. The van der Waals surface area contributed by atoms with Crippen LogP contribution in [0, 0.1) is 0 Å². The van der Waals surface area contributed by atoms with E-state index in [2.05, 4.69) is 32.7 Å². The van der Waals surface area contributed by atoms with Gasteiger partial charge in [0.2, 0.25) is 0 Å². The van der Waals surface area contributed by atoms with Crippen LogP contribution >= 0.6 is 0 Å². The average molecular weight is 1220 g/mol. The van der Waals surface area contributed by atoms with E-state index in [1.54, 1.807) is 0 Å². The lowest BCUT2D eigenvalue weighted by Gasteiger charge is -2.16. The number of aromatic nitrogens is 1. The normalized spacial score (nSPS) is 11.7. The smallest absolute Gasteiger partial charge is 0.338 e. The van der Waals surface area contributed by atoms with Gasteiger partial charge in [-0.3, -0.25) is 0 Å². The van der Waals surface area contributed by atoms with Gasteiger partial charge in [0.1, 0.15) is 0 Å². The fourth-order valence-corrected chi connectivity index (χ4v) is 13.4. The zero-order valence-electron chi connectivity index (χ0n) is 55.8. The van der Waals surface area contributed by atoms with Crippen molar-refractivity contribution < 1.29 is 38.1 Å². The molecule has 0 aliphatic rings. The van der Waals surface area contributed by atoms with Gasteiger partial charge in [-0.25, -0.2) is 19.2 Å². The Morgan fingerprint density at radius 3 is 0.719 bits per heavy atom. The number of hydrogen-bond acceptors (Lipinski definition) is 8. The first-order valence-electron chi connectivity index (χ1n) is 36.3. The highest BCUT2D eigenvalue weighted by Gasteiger charge is 2.28. The number of rotatable bonds is 48. The van der Waals surface area contributed by atoms with Gasteiger partial charge in [-0.1, -0.05) is 307 Å². The lowest BCUT2D eigenvalue weighted by Crippen LogP contribution is -2.10. The molecule has 7 aromatic rings. The van der Waals surface area contributed by atoms with Crippen LogP contribution in [0.4, 0.5) is 0 Å². The van der Waals surface area contributed by atoms with Gasteiger partial charge in [-0.05, 0) is 82.3 Å². The minimum Gasteiger partial charge on any atom is -0.462 e. The van der Waals surface area contributed by atoms with Crippen LogP contribution < -0.4 is 0 Å². The number of nitrogens with one attached hydrogen (secondary N) is 1. The van der Waals surface area contributed by atoms with E-state index in [0.29, 0.717) is 68.0 Å². The van der Waals surface area contributed by atoms with Crippen molar-refractivity contribution >= 4 is 88.8 Å². The third-order valence-corrected chi connectivity index (χ3v) is 18.6. The van der Waals surface area contributed by atoms with Crippen LogP contribution in [0.25, 0.3) is 64.9 Å². The van der Waals surface area contributed by atoms with Gasteiger partial charge in [0, 0.05) is 32.6 Å². The molecular formula is C80H113NO8. The van der Waals surface area contributed by atoms with Gasteiger partial charge in [-0.15, -0.1) is 0 Å². The fraction of sp³-hybridized carbons (Fsp3) is 0.600. The van der Waals surface area contributed by atoms with E-state index in [0.717, 1.165) is 109 Å². The number of ether oxygens (including phenoxy) is 4. The summed E-state index contributed by atoms with van der Waals surface area (Å²) in [6, 6.07) is 23.2. The lowest BCUT2D eigenvalue weighted by molar-refractivity contribution is 0.0488. The van der Waals surface area contributed by atoms with Crippen LogP contribution in [-0.4, -0.2) is 55.3 Å². The molecule has 0 amide bonds. The molecule has 0 fully saturated rings. The first kappa shape index (κ1) is 70.5. The van der Waals surface area contributed by atoms with Gasteiger partial charge >= 0.3 is 23.9 Å². The SMILES string of the molecule is CCCCCCCCCCCCOC(=O)c1cc2c(C(=O)OCCCCCCCCCCCC)cc3[nH]c4cc(C(=O)OCCCCCCCCCCCC)c5cc(C(=O)OCCCCCCCCCCCC)c6ccccc6c5c4c3c2c2ccccc12. The number of benzene rings is 6. The predicted octanol–water partition coefficient (Wildman–Crippen LogP) is 24.2. The molecular weight excluding hydrogens is 1100 g/mol. The summed E-state index contributed by atoms with van der Waals surface area (Å²) in [6.07, 6.45) is 47.0. The zero-order chi connectivity index (χ0) is 62.7. The highest BCUT2D eigenvalue weighted by molar-refractivity contribution is 6.39. The second kappa shape index (κ2) is 40.7.